The van der Waals surface area contributed by atoms with Crippen LogP contribution in [0, 0.1) is 5.92 Å². The molecule has 28 heavy (non-hydrogen) atoms. The van der Waals surface area contributed by atoms with Crippen LogP contribution in [-0.2, 0) is 4.79 Å². The van der Waals surface area contributed by atoms with E-state index in [4.69, 9.17) is 0 Å². The Hall–Kier alpha value is -1.44. The highest BCUT2D eigenvalue weighted by Gasteiger charge is 2.36. The van der Waals surface area contributed by atoms with Gasteiger partial charge in [0.1, 0.15) is 0 Å². The van der Waals surface area contributed by atoms with Crippen molar-refractivity contribution < 1.29 is 18.0 Å². The van der Waals surface area contributed by atoms with Crippen molar-refractivity contribution in [3.8, 4) is 0 Å². The standard InChI is InChI=1S/C20H32F3N3OS/c1-5-6-11-18(17(20(21,22)23)14-25-15(2)28-4)24-12-8-13-26(3)19(27)16-9-7-10-16/h11,14,16,24H,5-10,12-13H2,1-4H3/b17-14+,18-11-,25-15?. The molecule has 4 nitrogen and oxygen atoms in total. The molecule has 0 atom stereocenters. The fourth-order valence-electron chi connectivity index (χ4n) is 2.69. The number of amides is 1. The minimum Gasteiger partial charge on any atom is -0.385 e. The number of hydrogen-bond acceptors (Lipinski definition) is 4. The molecule has 1 N–H and O–H groups in total. The van der Waals surface area contributed by atoms with Gasteiger partial charge in [0.2, 0.25) is 5.91 Å². The Morgan fingerprint density at radius 2 is 2.04 bits per heavy atom. The van der Waals surface area contributed by atoms with Crippen molar-refractivity contribution in [2.24, 2.45) is 10.9 Å². The number of unbranched alkanes of at least 4 members (excludes halogenated alkanes) is 1. The summed E-state index contributed by atoms with van der Waals surface area (Å²) in [6, 6.07) is 0. The van der Waals surface area contributed by atoms with E-state index >= 15 is 0 Å². The van der Waals surface area contributed by atoms with Gasteiger partial charge in [-0.05, 0) is 38.9 Å². The first-order valence-corrected chi connectivity index (χ1v) is 11.0. The summed E-state index contributed by atoms with van der Waals surface area (Å²) in [6.07, 6.45) is 4.61. The predicted octanol–water partition coefficient (Wildman–Crippen LogP) is 5.14. The molecular formula is C20H32F3N3OS. The highest BCUT2D eigenvalue weighted by atomic mass is 32.2. The maximum absolute atomic E-state index is 13.6. The highest BCUT2D eigenvalue weighted by Crippen LogP contribution is 2.31. The number of hydrogen-bond donors (Lipinski definition) is 1. The summed E-state index contributed by atoms with van der Waals surface area (Å²) in [5, 5.41) is 3.48. The van der Waals surface area contributed by atoms with Gasteiger partial charge in [0.05, 0.1) is 10.6 Å². The average Bonchev–Trinajstić information content (AvgIpc) is 2.59. The topological polar surface area (TPSA) is 44.7 Å². The molecule has 0 radical (unpaired) electrons. The number of rotatable bonds is 10. The van der Waals surface area contributed by atoms with Crippen molar-refractivity contribution in [1.82, 2.24) is 10.2 Å². The number of carbonyl (C=O) groups is 1. The van der Waals surface area contributed by atoms with Crippen molar-refractivity contribution in [3.05, 3.63) is 23.5 Å². The van der Waals surface area contributed by atoms with Gasteiger partial charge in [0.15, 0.2) is 0 Å². The van der Waals surface area contributed by atoms with Crippen LogP contribution in [0.3, 0.4) is 0 Å². The van der Waals surface area contributed by atoms with E-state index in [0.29, 0.717) is 31.0 Å². The smallest absolute Gasteiger partial charge is 0.385 e. The second kappa shape index (κ2) is 12.2. The van der Waals surface area contributed by atoms with Gasteiger partial charge < -0.3 is 10.2 Å². The average molecular weight is 420 g/mol. The fourth-order valence-corrected chi connectivity index (χ4v) is 2.84. The van der Waals surface area contributed by atoms with E-state index in [1.165, 1.54) is 11.8 Å². The van der Waals surface area contributed by atoms with Crippen molar-refractivity contribution in [2.45, 2.75) is 58.5 Å². The minimum absolute atomic E-state index is 0.0555. The lowest BCUT2D eigenvalue weighted by molar-refractivity contribution is -0.136. The van der Waals surface area contributed by atoms with Crippen molar-refractivity contribution in [3.63, 3.8) is 0 Å². The Bertz CT molecular complexity index is 596. The molecule has 0 saturated heterocycles. The number of alkyl halides is 3. The van der Waals surface area contributed by atoms with Gasteiger partial charge in [-0.1, -0.05) is 25.8 Å². The monoisotopic (exact) mass is 419 g/mol. The van der Waals surface area contributed by atoms with Gasteiger partial charge in [-0.15, -0.1) is 11.8 Å². The highest BCUT2D eigenvalue weighted by molar-refractivity contribution is 8.13. The first-order chi connectivity index (χ1) is 13.2. The molecule has 0 aromatic rings. The second-order valence-corrected chi connectivity index (χ2v) is 7.97. The van der Waals surface area contributed by atoms with Crippen LogP contribution in [-0.4, -0.2) is 48.4 Å². The van der Waals surface area contributed by atoms with Crippen LogP contribution in [0.5, 0.6) is 0 Å². The molecule has 1 rings (SSSR count). The minimum atomic E-state index is -4.49. The number of halogens is 3. The largest absolute Gasteiger partial charge is 0.419 e. The molecule has 1 aliphatic carbocycles. The van der Waals surface area contributed by atoms with E-state index in [-0.39, 0.29) is 17.5 Å². The molecule has 1 amide bonds. The molecule has 8 heteroatoms. The molecule has 0 spiro atoms. The lowest BCUT2D eigenvalue weighted by atomic mass is 9.84. The molecule has 0 unspecified atom stereocenters. The van der Waals surface area contributed by atoms with Crippen LogP contribution in [0.25, 0.3) is 0 Å². The van der Waals surface area contributed by atoms with Gasteiger partial charge in [-0.2, -0.15) is 13.2 Å². The molecule has 0 aromatic heterocycles. The number of thioether (sulfide) groups is 1. The number of aliphatic imine (C=N–C) groups is 1. The third-order valence-corrected chi connectivity index (χ3v) is 5.42. The lowest BCUT2D eigenvalue weighted by Crippen LogP contribution is -2.37. The van der Waals surface area contributed by atoms with Crippen LogP contribution >= 0.6 is 11.8 Å². The molecule has 160 valence electrons. The van der Waals surface area contributed by atoms with Gasteiger partial charge in [-0.25, -0.2) is 0 Å². The number of allylic oxidation sites excluding steroid dienone is 2. The molecule has 0 aliphatic heterocycles. The fraction of sp³-hybridized carbons (Fsp3) is 0.700. The molecule has 1 saturated carbocycles. The molecule has 1 fully saturated rings. The zero-order chi connectivity index (χ0) is 21.2. The zero-order valence-corrected chi connectivity index (χ0v) is 18.1. The molecule has 1 aliphatic rings. The third kappa shape index (κ3) is 8.29. The second-order valence-electron chi connectivity index (χ2n) is 6.97. The summed E-state index contributed by atoms with van der Waals surface area (Å²) >= 11 is 1.30. The van der Waals surface area contributed by atoms with Crippen molar-refractivity contribution >= 4 is 22.7 Å². The third-order valence-electron chi connectivity index (χ3n) is 4.72. The quantitative estimate of drug-likeness (QED) is 0.231. The maximum Gasteiger partial charge on any atom is 0.419 e. The van der Waals surface area contributed by atoms with E-state index in [9.17, 15) is 18.0 Å². The summed E-state index contributed by atoms with van der Waals surface area (Å²) < 4.78 is 40.7. The van der Waals surface area contributed by atoms with E-state index in [1.807, 2.05) is 6.92 Å². The van der Waals surface area contributed by atoms with Crippen molar-refractivity contribution in [2.75, 3.05) is 26.4 Å². The molecule has 0 heterocycles. The van der Waals surface area contributed by atoms with E-state index < -0.39 is 11.7 Å². The van der Waals surface area contributed by atoms with Crippen LogP contribution in [0.4, 0.5) is 13.2 Å². The lowest BCUT2D eigenvalue weighted by Gasteiger charge is -2.29. The van der Waals surface area contributed by atoms with E-state index in [1.54, 1.807) is 31.2 Å². The number of carbonyl (C=O) groups excluding carboxylic acids is 1. The predicted molar refractivity (Wildman–Crippen MR) is 111 cm³/mol. The normalized spacial score (nSPS) is 16.8. The summed E-state index contributed by atoms with van der Waals surface area (Å²) in [6.45, 7) is 4.48. The Labute approximate surface area is 170 Å². The molecule has 0 aromatic carbocycles. The van der Waals surface area contributed by atoms with Gasteiger partial charge >= 0.3 is 6.18 Å². The first-order valence-electron chi connectivity index (χ1n) is 9.75. The van der Waals surface area contributed by atoms with Crippen LogP contribution in [0.15, 0.2) is 28.5 Å². The van der Waals surface area contributed by atoms with Gasteiger partial charge in [-0.3, -0.25) is 9.79 Å². The molecule has 0 bridgehead atoms. The number of nitrogens with zero attached hydrogens (tertiary/aromatic N) is 2. The Kier molecular flexibility index (Phi) is 10.7. The zero-order valence-electron chi connectivity index (χ0n) is 17.2. The summed E-state index contributed by atoms with van der Waals surface area (Å²) in [4.78, 5) is 17.7. The summed E-state index contributed by atoms with van der Waals surface area (Å²) in [7, 11) is 1.76. The summed E-state index contributed by atoms with van der Waals surface area (Å²) in [5.74, 6) is 0.279. The SMILES string of the molecule is CCC/C=C(NCCCN(C)C(=O)C1CCC1)/C(=C\N=C(C)SC)C(F)(F)F. The van der Waals surface area contributed by atoms with Crippen molar-refractivity contribution in [1.29, 1.82) is 0 Å². The maximum atomic E-state index is 13.6. The number of nitrogens with one attached hydrogen (secondary N) is 1. The molecular weight excluding hydrogens is 387 g/mol. The van der Waals surface area contributed by atoms with E-state index in [0.717, 1.165) is 31.9 Å². The Morgan fingerprint density at radius 1 is 1.36 bits per heavy atom. The first kappa shape index (κ1) is 24.6. The summed E-state index contributed by atoms with van der Waals surface area (Å²) in [5.41, 5.74) is -0.715. The van der Waals surface area contributed by atoms with Gasteiger partial charge in [0.25, 0.3) is 0 Å². The van der Waals surface area contributed by atoms with Crippen LogP contribution in [0.2, 0.25) is 0 Å². The van der Waals surface area contributed by atoms with Gasteiger partial charge in [0, 0.05) is 38.0 Å². The Balaban J connectivity index is 2.73. The van der Waals surface area contributed by atoms with Crippen LogP contribution in [0.1, 0.15) is 52.4 Å². The Morgan fingerprint density at radius 3 is 2.54 bits per heavy atom. The van der Waals surface area contributed by atoms with E-state index in [2.05, 4.69) is 10.3 Å². The van der Waals surface area contributed by atoms with Crippen LogP contribution < -0.4 is 5.32 Å².